The SMILES string of the molecule is CCn1c(C)c(C(=O)CN(C[C@@H]2CCCO2)S(=O)(=O)c2ccccc2)c(C)c1C(=O)OC. The Bertz CT molecular complexity index is 1090. The lowest BCUT2D eigenvalue weighted by Crippen LogP contribution is -2.41. The van der Waals surface area contributed by atoms with Crippen LogP contribution in [0.2, 0.25) is 0 Å². The lowest BCUT2D eigenvalue weighted by atomic mass is 10.1. The number of ketones is 1. The highest BCUT2D eigenvalue weighted by Crippen LogP contribution is 2.26. The van der Waals surface area contributed by atoms with Crippen LogP contribution in [-0.2, 0) is 26.0 Å². The monoisotopic (exact) mass is 462 g/mol. The number of carbonyl (C=O) groups is 2. The minimum Gasteiger partial charge on any atom is -0.464 e. The summed E-state index contributed by atoms with van der Waals surface area (Å²) in [7, 11) is -2.62. The van der Waals surface area contributed by atoms with Crippen molar-refractivity contribution in [2.45, 2.75) is 51.2 Å². The van der Waals surface area contributed by atoms with Gasteiger partial charge in [-0.15, -0.1) is 0 Å². The average Bonchev–Trinajstić information content (AvgIpc) is 3.38. The molecule has 32 heavy (non-hydrogen) atoms. The van der Waals surface area contributed by atoms with E-state index in [9.17, 15) is 18.0 Å². The van der Waals surface area contributed by atoms with Crippen molar-refractivity contribution in [3.05, 3.63) is 52.8 Å². The standard InChI is InChI=1S/C23H30N2O6S/c1-5-25-17(3)21(16(2)22(25)23(27)30-4)20(26)15-24(14-18-10-9-13-31-18)32(28,29)19-11-7-6-8-12-19/h6-8,11-12,18H,5,9-10,13-15H2,1-4H3/t18-/m0/s1. The molecule has 9 heteroatoms. The smallest absolute Gasteiger partial charge is 0.354 e. The fourth-order valence-corrected chi connectivity index (χ4v) is 5.75. The molecule has 0 saturated carbocycles. The van der Waals surface area contributed by atoms with E-state index in [0.717, 1.165) is 12.8 Å². The summed E-state index contributed by atoms with van der Waals surface area (Å²) in [6.45, 7) is 6.13. The molecule has 3 rings (SSSR count). The van der Waals surface area contributed by atoms with E-state index in [-0.39, 0.29) is 29.9 Å². The molecule has 0 N–H and O–H groups in total. The van der Waals surface area contributed by atoms with E-state index in [1.807, 2.05) is 6.92 Å². The van der Waals surface area contributed by atoms with Crippen LogP contribution in [0.1, 0.15) is 51.9 Å². The Morgan fingerprint density at radius 2 is 1.91 bits per heavy atom. The van der Waals surface area contributed by atoms with E-state index in [1.165, 1.54) is 23.5 Å². The molecule has 1 aliphatic rings. The second kappa shape index (κ2) is 9.97. The lowest BCUT2D eigenvalue weighted by Gasteiger charge is -2.24. The summed E-state index contributed by atoms with van der Waals surface area (Å²) >= 11 is 0. The van der Waals surface area contributed by atoms with Gasteiger partial charge in [0.05, 0.1) is 24.7 Å². The molecule has 0 bridgehead atoms. The predicted molar refractivity (Wildman–Crippen MR) is 119 cm³/mol. The van der Waals surface area contributed by atoms with Gasteiger partial charge >= 0.3 is 5.97 Å². The molecule has 1 aromatic heterocycles. The number of methoxy groups -OCH3 is 1. The second-order valence-corrected chi connectivity index (χ2v) is 9.78. The number of esters is 1. The summed E-state index contributed by atoms with van der Waals surface area (Å²) in [4.78, 5) is 25.9. The normalized spacial score (nSPS) is 16.5. The largest absolute Gasteiger partial charge is 0.464 e. The van der Waals surface area contributed by atoms with Crippen LogP contribution in [0.15, 0.2) is 35.2 Å². The van der Waals surface area contributed by atoms with E-state index in [1.54, 1.807) is 36.6 Å². The van der Waals surface area contributed by atoms with E-state index in [0.29, 0.717) is 35.7 Å². The Labute approximate surface area is 189 Å². The summed E-state index contributed by atoms with van der Waals surface area (Å²) in [5.74, 6) is -0.894. The van der Waals surface area contributed by atoms with Crippen molar-refractivity contribution in [3.63, 3.8) is 0 Å². The highest BCUT2D eigenvalue weighted by atomic mass is 32.2. The number of rotatable bonds is 9. The molecule has 0 amide bonds. The predicted octanol–water partition coefficient (Wildman–Crippen LogP) is 2.96. The van der Waals surface area contributed by atoms with E-state index in [4.69, 9.17) is 9.47 Å². The number of carbonyl (C=O) groups excluding carboxylic acids is 2. The van der Waals surface area contributed by atoms with Gasteiger partial charge in [-0.3, -0.25) is 4.79 Å². The third-order valence-corrected chi connectivity index (χ3v) is 7.70. The first-order valence-corrected chi connectivity index (χ1v) is 12.1. The van der Waals surface area contributed by atoms with Crippen molar-refractivity contribution in [2.24, 2.45) is 0 Å². The third-order valence-electron chi connectivity index (χ3n) is 5.87. The Morgan fingerprint density at radius 1 is 1.22 bits per heavy atom. The highest BCUT2D eigenvalue weighted by Gasteiger charge is 2.33. The number of aromatic nitrogens is 1. The molecule has 1 aromatic carbocycles. The molecule has 174 valence electrons. The number of ether oxygens (including phenoxy) is 2. The number of sulfonamides is 1. The molecule has 0 aliphatic carbocycles. The maximum atomic E-state index is 13.4. The molecule has 2 heterocycles. The van der Waals surface area contributed by atoms with E-state index in [2.05, 4.69) is 0 Å². The Hall–Kier alpha value is -2.49. The average molecular weight is 463 g/mol. The van der Waals surface area contributed by atoms with Crippen LogP contribution in [0.4, 0.5) is 0 Å². The van der Waals surface area contributed by atoms with Gasteiger partial charge in [-0.1, -0.05) is 18.2 Å². The van der Waals surface area contributed by atoms with Crippen molar-refractivity contribution < 1.29 is 27.5 Å². The van der Waals surface area contributed by atoms with E-state index < -0.39 is 16.0 Å². The first-order valence-electron chi connectivity index (χ1n) is 10.7. The second-order valence-electron chi connectivity index (χ2n) is 7.84. The molecule has 0 unspecified atom stereocenters. The number of hydrogen-bond acceptors (Lipinski definition) is 6. The van der Waals surface area contributed by atoms with Crippen molar-refractivity contribution in [1.29, 1.82) is 0 Å². The summed E-state index contributed by atoms with van der Waals surface area (Å²) in [5, 5.41) is 0. The van der Waals surface area contributed by atoms with Crippen LogP contribution >= 0.6 is 0 Å². The molecule has 0 radical (unpaired) electrons. The molecule has 2 aromatic rings. The van der Waals surface area contributed by atoms with Gasteiger partial charge < -0.3 is 14.0 Å². The number of Topliss-reactive ketones (excluding diaryl/α,β-unsaturated/α-hetero) is 1. The molecular formula is C23H30N2O6S. The Kier molecular flexibility index (Phi) is 7.53. The fraction of sp³-hybridized carbons (Fsp3) is 0.478. The van der Waals surface area contributed by atoms with Gasteiger partial charge in [0.25, 0.3) is 0 Å². The van der Waals surface area contributed by atoms with Crippen LogP contribution in [0.3, 0.4) is 0 Å². The summed E-state index contributed by atoms with van der Waals surface area (Å²) in [6.07, 6.45) is 1.35. The molecule has 1 saturated heterocycles. The van der Waals surface area contributed by atoms with Crippen LogP contribution in [0.5, 0.6) is 0 Å². The maximum absolute atomic E-state index is 13.4. The Balaban J connectivity index is 1.99. The van der Waals surface area contributed by atoms with Gasteiger partial charge in [0, 0.05) is 31.0 Å². The van der Waals surface area contributed by atoms with E-state index >= 15 is 0 Å². The van der Waals surface area contributed by atoms with Crippen LogP contribution < -0.4 is 0 Å². The molecule has 8 nitrogen and oxygen atoms in total. The minimum atomic E-state index is -3.91. The molecule has 1 aliphatic heterocycles. The number of hydrogen-bond donors (Lipinski definition) is 0. The van der Waals surface area contributed by atoms with Gasteiger partial charge in [-0.05, 0) is 51.3 Å². The first-order chi connectivity index (χ1) is 15.2. The van der Waals surface area contributed by atoms with Gasteiger partial charge in [0.15, 0.2) is 5.78 Å². The van der Waals surface area contributed by atoms with Crippen molar-refractivity contribution in [3.8, 4) is 0 Å². The van der Waals surface area contributed by atoms with Gasteiger partial charge in [0.1, 0.15) is 5.69 Å². The molecular weight excluding hydrogens is 432 g/mol. The Morgan fingerprint density at radius 3 is 2.47 bits per heavy atom. The molecule has 0 spiro atoms. The summed E-state index contributed by atoms with van der Waals surface area (Å²) in [5.41, 5.74) is 1.78. The molecule has 1 fully saturated rings. The zero-order chi connectivity index (χ0) is 23.5. The third kappa shape index (κ3) is 4.65. The van der Waals surface area contributed by atoms with Crippen molar-refractivity contribution in [1.82, 2.24) is 8.87 Å². The van der Waals surface area contributed by atoms with Crippen LogP contribution in [0, 0.1) is 13.8 Å². The zero-order valence-electron chi connectivity index (χ0n) is 19.0. The summed E-state index contributed by atoms with van der Waals surface area (Å²) < 4.78 is 40.2. The number of benzene rings is 1. The van der Waals surface area contributed by atoms with Gasteiger partial charge in [0.2, 0.25) is 10.0 Å². The fourth-order valence-electron chi connectivity index (χ4n) is 4.30. The van der Waals surface area contributed by atoms with Gasteiger partial charge in [-0.25, -0.2) is 13.2 Å². The number of nitrogens with zero attached hydrogens (tertiary/aromatic N) is 2. The van der Waals surface area contributed by atoms with Crippen LogP contribution in [-0.4, -0.2) is 62.0 Å². The first kappa shape index (κ1) is 24.2. The van der Waals surface area contributed by atoms with Crippen molar-refractivity contribution in [2.75, 3.05) is 26.8 Å². The van der Waals surface area contributed by atoms with Crippen LogP contribution in [0.25, 0.3) is 0 Å². The molecule has 1 atom stereocenters. The maximum Gasteiger partial charge on any atom is 0.354 e. The quantitative estimate of drug-likeness (QED) is 0.420. The minimum absolute atomic E-state index is 0.0966. The van der Waals surface area contributed by atoms with Gasteiger partial charge in [-0.2, -0.15) is 4.31 Å². The zero-order valence-corrected chi connectivity index (χ0v) is 19.8. The summed E-state index contributed by atoms with van der Waals surface area (Å²) in [6, 6.07) is 8.07. The lowest BCUT2D eigenvalue weighted by molar-refractivity contribution is 0.0587. The highest BCUT2D eigenvalue weighted by molar-refractivity contribution is 7.89. The topological polar surface area (TPSA) is 94.9 Å². The van der Waals surface area contributed by atoms with Crippen molar-refractivity contribution >= 4 is 21.8 Å².